The Labute approximate surface area is 168 Å². The number of hydrogen-bond donors (Lipinski definition) is 1. The minimum Gasteiger partial charge on any atom is -0.484 e. The maximum atomic E-state index is 12.4. The van der Waals surface area contributed by atoms with Gasteiger partial charge >= 0.3 is 0 Å². The number of nitrogens with zero attached hydrogens (tertiary/aromatic N) is 2. The van der Waals surface area contributed by atoms with E-state index < -0.39 is 0 Å². The number of hydrogen-bond acceptors (Lipinski definition) is 4. The number of benzene rings is 2. The molecular weight excluding hydrogens is 350 g/mol. The number of anilines is 2. The number of ether oxygens (including phenoxy) is 1. The molecule has 1 amide bonds. The lowest BCUT2D eigenvalue weighted by Gasteiger charge is -2.35. The summed E-state index contributed by atoms with van der Waals surface area (Å²) >= 11 is 0. The van der Waals surface area contributed by atoms with Crippen molar-refractivity contribution < 1.29 is 9.53 Å². The van der Waals surface area contributed by atoms with Crippen molar-refractivity contribution in [3.63, 3.8) is 0 Å². The molecule has 0 radical (unpaired) electrons. The molecular formula is C23H31N3O2. The highest BCUT2D eigenvalue weighted by molar-refractivity contribution is 5.95. The van der Waals surface area contributed by atoms with Gasteiger partial charge in [0.1, 0.15) is 5.75 Å². The molecule has 0 spiro atoms. The Morgan fingerprint density at radius 2 is 1.75 bits per heavy atom. The lowest BCUT2D eigenvalue weighted by atomic mass is 9.99. The average Bonchev–Trinajstić information content (AvgIpc) is 2.73. The van der Waals surface area contributed by atoms with Gasteiger partial charge in [-0.2, -0.15) is 0 Å². The van der Waals surface area contributed by atoms with Gasteiger partial charge in [0.25, 0.3) is 5.91 Å². The van der Waals surface area contributed by atoms with Crippen LogP contribution in [-0.2, 0) is 4.79 Å². The summed E-state index contributed by atoms with van der Waals surface area (Å²) in [5.74, 6) is 1.10. The van der Waals surface area contributed by atoms with Crippen LogP contribution < -0.4 is 15.0 Å². The minimum atomic E-state index is -0.146. The van der Waals surface area contributed by atoms with Crippen LogP contribution in [0.1, 0.15) is 31.7 Å². The van der Waals surface area contributed by atoms with E-state index in [1.54, 1.807) is 0 Å². The van der Waals surface area contributed by atoms with E-state index in [0.717, 1.165) is 49.7 Å². The first-order valence-electron chi connectivity index (χ1n) is 10.1. The summed E-state index contributed by atoms with van der Waals surface area (Å²) < 4.78 is 5.68. The summed E-state index contributed by atoms with van der Waals surface area (Å²) in [6.07, 6.45) is 1.11. The fourth-order valence-electron chi connectivity index (χ4n) is 3.37. The highest BCUT2D eigenvalue weighted by atomic mass is 16.5. The summed E-state index contributed by atoms with van der Waals surface area (Å²) in [5.41, 5.74) is 3.20. The third kappa shape index (κ3) is 5.26. The molecule has 1 atom stereocenters. The van der Waals surface area contributed by atoms with Crippen LogP contribution in [0, 0.1) is 0 Å². The molecule has 0 bridgehead atoms. The van der Waals surface area contributed by atoms with Gasteiger partial charge in [0.2, 0.25) is 0 Å². The molecule has 5 heteroatoms. The van der Waals surface area contributed by atoms with Crippen molar-refractivity contribution in [2.24, 2.45) is 0 Å². The first-order valence-corrected chi connectivity index (χ1v) is 10.1. The van der Waals surface area contributed by atoms with E-state index in [4.69, 9.17) is 4.74 Å². The van der Waals surface area contributed by atoms with E-state index in [0.29, 0.717) is 5.92 Å². The number of likely N-dealkylation sites (N-methyl/N-ethyl adjacent to an activating group) is 1. The number of para-hydroxylation sites is 2. The molecule has 1 saturated heterocycles. The Morgan fingerprint density at radius 3 is 2.43 bits per heavy atom. The Balaban J connectivity index is 1.56. The zero-order valence-corrected chi connectivity index (χ0v) is 17.1. The standard InChI is InChI=1S/C23H31N3O2/c1-4-18(2)19-9-11-20(12-10-19)28-17-23(27)24-21-7-5-6-8-22(21)26-15-13-25(3)14-16-26/h5-12,18H,4,13-17H2,1-3H3,(H,24,27). The Bertz CT molecular complexity index is 768. The SMILES string of the molecule is CCC(C)c1ccc(OCC(=O)Nc2ccccc2N2CCN(C)CC2)cc1. The van der Waals surface area contributed by atoms with E-state index in [1.165, 1.54) is 5.56 Å². The molecule has 1 unspecified atom stereocenters. The van der Waals surface area contributed by atoms with Crippen LogP contribution in [0.25, 0.3) is 0 Å². The quantitative estimate of drug-likeness (QED) is 0.788. The summed E-state index contributed by atoms with van der Waals surface area (Å²) in [6, 6.07) is 16.0. The molecule has 0 aliphatic carbocycles. The van der Waals surface area contributed by atoms with Gasteiger partial charge in [-0.15, -0.1) is 0 Å². The highest BCUT2D eigenvalue weighted by Crippen LogP contribution is 2.26. The van der Waals surface area contributed by atoms with Crippen LogP contribution in [0.2, 0.25) is 0 Å². The minimum absolute atomic E-state index is 0.000248. The van der Waals surface area contributed by atoms with Crippen LogP contribution in [-0.4, -0.2) is 50.6 Å². The molecule has 28 heavy (non-hydrogen) atoms. The van der Waals surface area contributed by atoms with E-state index in [9.17, 15) is 4.79 Å². The van der Waals surface area contributed by atoms with Gasteiger partial charge in [-0.25, -0.2) is 0 Å². The Hall–Kier alpha value is -2.53. The third-order valence-corrected chi connectivity index (χ3v) is 5.45. The maximum Gasteiger partial charge on any atom is 0.262 e. The van der Waals surface area contributed by atoms with E-state index in [-0.39, 0.29) is 12.5 Å². The summed E-state index contributed by atoms with van der Waals surface area (Å²) in [5, 5.41) is 3.01. The Morgan fingerprint density at radius 1 is 1.07 bits per heavy atom. The molecule has 150 valence electrons. The van der Waals surface area contributed by atoms with Crippen LogP contribution in [0.5, 0.6) is 5.75 Å². The summed E-state index contributed by atoms with van der Waals surface area (Å²) in [4.78, 5) is 17.1. The molecule has 1 N–H and O–H groups in total. The highest BCUT2D eigenvalue weighted by Gasteiger charge is 2.17. The average molecular weight is 382 g/mol. The van der Waals surface area contributed by atoms with Crippen LogP contribution in [0.15, 0.2) is 48.5 Å². The van der Waals surface area contributed by atoms with Crippen molar-refractivity contribution in [1.82, 2.24) is 4.90 Å². The predicted molar refractivity (Wildman–Crippen MR) is 115 cm³/mol. The van der Waals surface area contributed by atoms with Gasteiger partial charge in [0.05, 0.1) is 11.4 Å². The molecule has 3 rings (SSSR count). The van der Waals surface area contributed by atoms with Crippen molar-refractivity contribution in [3.8, 4) is 5.75 Å². The molecule has 1 heterocycles. The van der Waals surface area contributed by atoms with Crippen molar-refractivity contribution in [2.75, 3.05) is 50.1 Å². The lowest BCUT2D eigenvalue weighted by molar-refractivity contribution is -0.118. The molecule has 5 nitrogen and oxygen atoms in total. The second kappa shape index (κ2) is 9.60. The van der Waals surface area contributed by atoms with Crippen LogP contribution >= 0.6 is 0 Å². The third-order valence-electron chi connectivity index (χ3n) is 5.45. The topological polar surface area (TPSA) is 44.8 Å². The van der Waals surface area contributed by atoms with E-state index in [2.05, 4.69) is 54.2 Å². The lowest BCUT2D eigenvalue weighted by Crippen LogP contribution is -2.44. The number of carbonyl (C=O) groups excluding carboxylic acids is 1. The van der Waals surface area contributed by atoms with Crippen molar-refractivity contribution in [1.29, 1.82) is 0 Å². The van der Waals surface area contributed by atoms with Gasteiger partial charge in [0.15, 0.2) is 6.61 Å². The second-order valence-electron chi connectivity index (χ2n) is 7.52. The van der Waals surface area contributed by atoms with Crippen LogP contribution in [0.4, 0.5) is 11.4 Å². The molecule has 1 aliphatic rings. The smallest absolute Gasteiger partial charge is 0.262 e. The summed E-state index contributed by atoms with van der Waals surface area (Å²) in [7, 11) is 2.14. The van der Waals surface area contributed by atoms with E-state index in [1.807, 2.05) is 30.3 Å². The number of amides is 1. The van der Waals surface area contributed by atoms with Gasteiger partial charge in [-0.3, -0.25) is 4.79 Å². The molecule has 2 aromatic rings. The normalized spacial score (nSPS) is 15.9. The van der Waals surface area contributed by atoms with Crippen molar-refractivity contribution in [3.05, 3.63) is 54.1 Å². The number of piperazine rings is 1. The molecule has 1 aliphatic heterocycles. The van der Waals surface area contributed by atoms with Gasteiger partial charge < -0.3 is 19.9 Å². The van der Waals surface area contributed by atoms with Crippen molar-refractivity contribution in [2.45, 2.75) is 26.2 Å². The number of rotatable bonds is 7. The maximum absolute atomic E-state index is 12.4. The van der Waals surface area contributed by atoms with Gasteiger partial charge in [-0.05, 0) is 49.2 Å². The van der Waals surface area contributed by atoms with Crippen LogP contribution in [0.3, 0.4) is 0 Å². The Kier molecular flexibility index (Phi) is 6.93. The number of carbonyl (C=O) groups is 1. The van der Waals surface area contributed by atoms with E-state index >= 15 is 0 Å². The first kappa shape index (κ1) is 20.2. The number of nitrogens with one attached hydrogen (secondary N) is 1. The zero-order valence-electron chi connectivity index (χ0n) is 17.1. The first-order chi connectivity index (χ1) is 13.6. The monoisotopic (exact) mass is 381 g/mol. The fourth-order valence-corrected chi connectivity index (χ4v) is 3.37. The molecule has 0 aromatic heterocycles. The fraction of sp³-hybridized carbons (Fsp3) is 0.435. The van der Waals surface area contributed by atoms with Gasteiger partial charge in [0, 0.05) is 26.2 Å². The molecule has 1 fully saturated rings. The van der Waals surface area contributed by atoms with Crippen molar-refractivity contribution >= 4 is 17.3 Å². The molecule has 2 aromatic carbocycles. The van der Waals surface area contributed by atoms with Gasteiger partial charge in [-0.1, -0.05) is 38.1 Å². The summed E-state index contributed by atoms with van der Waals surface area (Å²) in [6.45, 7) is 8.36. The molecule has 0 saturated carbocycles. The second-order valence-corrected chi connectivity index (χ2v) is 7.52. The predicted octanol–water partition coefficient (Wildman–Crippen LogP) is 3.97. The largest absolute Gasteiger partial charge is 0.484 e. The zero-order chi connectivity index (χ0) is 19.9.